The Morgan fingerprint density at radius 3 is 2.38 bits per heavy atom. The van der Waals surface area contributed by atoms with E-state index < -0.39 is 15.8 Å². The van der Waals surface area contributed by atoms with Gasteiger partial charge in [0.2, 0.25) is 10.0 Å². The van der Waals surface area contributed by atoms with Crippen molar-refractivity contribution in [3.8, 4) is 0 Å². The number of carbonyl (C=O) groups is 1. The molecule has 8 heteroatoms. The van der Waals surface area contributed by atoms with Crippen LogP contribution >= 0.6 is 0 Å². The van der Waals surface area contributed by atoms with Crippen LogP contribution in [0.2, 0.25) is 0 Å². The molecule has 0 atom stereocenters. The number of sulfonamides is 1. The summed E-state index contributed by atoms with van der Waals surface area (Å²) >= 11 is 0. The van der Waals surface area contributed by atoms with Crippen LogP contribution in [0.1, 0.15) is 16.1 Å². The Balaban J connectivity index is 1.72. The van der Waals surface area contributed by atoms with Crippen molar-refractivity contribution in [3.63, 3.8) is 0 Å². The van der Waals surface area contributed by atoms with E-state index in [9.17, 15) is 17.6 Å². The summed E-state index contributed by atoms with van der Waals surface area (Å²) in [7, 11) is -3.91. The summed E-state index contributed by atoms with van der Waals surface area (Å²) in [6.45, 7) is 2.46. The number of furan rings is 1. The number of piperazine rings is 1. The molecule has 1 aliphatic heterocycles. The summed E-state index contributed by atoms with van der Waals surface area (Å²) in [5.74, 6) is -0.775. The van der Waals surface area contributed by atoms with Crippen LogP contribution < -0.4 is 0 Å². The van der Waals surface area contributed by atoms with Crippen molar-refractivity contribution >= 4 is 15.9 Å². The molecule has 0 unspecified atom stereocenters. The fourth-order valence-corrected chi connectivity index (χ4v) is 4.15. The molecule has 0 saturated carbocycles. The van der Waals surface area contributed by atoms with E-state index in [4.69, 9.17) is 4.42 Å². The lowest BCUT2D eigenvalue weighted by atomic mass is 10.2. The highest BCUT2D eigenvalue weighted by atomic mass is 32.2. The number of carbonyl (C=O) groups excluding carboxylic acids is 1. The molecule has 24 heavy (non-hydrogen) atoms. The molecule has 2 aromatic rings. The van der Waals surface area contributed by atoms with Gasteiger partial charge in [0.25, 0.3) is 5.91 Å². The Morgan fingerprint density at radius 1 is 1.12 bits per heavy atom. The summed E-state index contributed by atoms with van der Waals surface area (Å²) < 4.78 is 45.2. The standard InChI is InChI=1S/C16H17FN2O4S/c1-12-6-11-23-15(12)16(20)18-7-9-19(10-8-18)24(21,22)14-5-3-2-4-13(14)17/h2-6,11H,7-10H2,1H3. The first kappa shape index (κ1) is 16.7. The SMILES string of the molecule is Cc1ccoc1C(=O)N1CCN(S(=O)(=O)c2ccccc2F)CC1. The summed E-state index contributed by atoms with van der Waals surface area (Å²) in [5, 5.41) is 0. The maximum absolute atomic E-state index is 13.8. The van der Waals surface area contributed by atoms with E-state index in [1.54, 1.807) is 17.9 Å². The van der Waals surface area contributed by atoms with E-state index in [1.807, 2.05) is 0 Å². The monoisotopic (exact) mass is 352 g/mol. The van der Waals surface area contributed by atoms with Crippen molar-refractivity contribution in [3.05, 3.63) is 53.7 Å². The third-order valence-electron chi connectivity index (χ3n) is 4.04. The van der Waals surface area contributed by atoms with Crippen molar-refractivity contribution in [1.82, 2.24) is 9.21 Å². The summed E-state index contributed by atoms with van der Waals surface area (Å²) in [6.07, 6.45) is 1.45. The Morgan fingerprint density at radius 2 is 1.79 bits per heavy atom. The van der Waals surface area contributed by atoms with Gasteiger partial charge in [-0.3, -0.25) is 4.79 Å². The highest BCUT2D eigenvalue weighted by molar-refractivity contribution is 7.89. The summed E-state index contributed by atoms with van der Waals surface area (Å²) in [5.41, 5.74) is 0.737. The van der Waals surface area contributed by atoms with Crippen LogP contribution in [0.15, 0.2) is 45.9 Å². The molecule has 2 heterocycles. The molecule has 1 aliphatic rings. The van der Waals surface area contributed by atoms with Gasteiger partial charge in [-0.05, 0) is 25.1 Å². The van der Waals surface area contributed by atoms with Gasteiger partial charge in [-0.1, -0.05) is 12.1 Å². The molecule has 1 saturated heterocycles. The number of halogens is 1. The minimum atomic E-state index is -3.91. The van der Waals surface area contributed by atoms with Crippen LogP contribution in [0.3, 0.4) is 0 Å². The fourth-order valence-electron chi connectivity index (χ4n) is 2.66. The van der Waals surface area contributed by atoms with E-state index in [-0.39, 0.29) is 42.7 Å². The van der Waals surface area contributed by atoms with Crippen molar-refractivity contribution < 1.29 is 22.0 Å². The highest BCUT2D eigenvalue weighted by Gasteiger charge is 2.32. The van der Waals surface area contributed by atoms with Crippen LogP contribution in [0.4, 0.5) is 4.39 Å². The number of hydrogen-bond donors (Lipinski definition) is 0. The average molecular weight is 352 g/mol. The largest absolute Gasteiger partial charge is 0.459 e. The van der Waals surface area contributed by atoms with Crippen molar-refractivity contribution in [1.29, 1.82) is 0 Å². The lowest BCUT2D eigenvalue weighted by Gasteiger charge is -2.33. The van der Waals surface area contributed by atoms with Gasteiger partial charge in [-0.25, -0.2) is 12.8 Å². The predicted octanol–water partition coefficient (Wildman–Crippen LogP) is 1.87. The van der Waals surface area contributed by atoms with Gasteiger partial charge >= 0.3 is 0 Å². The van der Waals surface area contributed by atoms with Crippen LogP contribution in [0.25, 0.3) is 0 Å². The number of amides is 1. The average Bonchev–Trinajstić information content (AvgIpc) is 3.00. The van der Waals surface area contributed by atoms with E-state index >= 15 is 0 Å². The topological polar surface area (TPSA) is 70.8 Å². The molecule has 1 amide bonds. The second-order valence-corrected chi connectivity index (χ2v) is 7.47. The van der Waals surface area contributed by atoms with Crippen LogP contribution in [-0.2, 0) is 10.0 Å². The maximum atomic E-state index is 13.8. The number of nitrogens with zero attached hydrogens (tertiary/aromatic N) is 2. The predicted molar refractivity (Wildman–Crippen MR) is 84.5 cm³/mol. The normalized spacial score (nSPS) is 16.3. The number of rotatable bonds is 3. The van der Waals surface area contributed by atoms with Crippen LogP contribution in [0, 0.1) is 12.7 Å². The quantitative estimate of drug-likeness (QED) is 0.846. The van der Waals surface area contributed by atoms with Crippen LogP contribution in [-0.4, -0.2) is 49.7 Å². The van der Waals surface area contributed by atoms with Crippen molar-refractivity contribution in [2.45, 2.75) is 11.8 Å². The minimum absolute atomic E-state index is 0.113. The second-order valence-electron chi connectivity index (χ2n) is 5.56. The third kappa shape index (κ3) is 2.94. The summed E-state index contributed by atoms with van der Waals surface area (Å²) in [4.78, 5) is 13.6. The molecule has 3 rings (SSSR count). The third-order valence-corrected chi connectivity index (χ3v) is 5.97. The van der Waals surface area contributed by atoms with Crippen LogP contribution in [0.5, 0.6) is 0 Å². The molecule has 0 spiro atoms. The van der Waals surface area contributed by atoms with Gasteiger partial charge in [-0.15, -0.1) is 0 Å². The van der Waals surface area contributed by atoms with Gasteiger partial charge in [0.15, 0.2) is 5.76 Å². The molecule has 128 valence electrons. The fraction of sp³-hybridized carbons (Fsp3) is 0.312. The first-order valence-electron chi connectivity index (χ1n) is 7.49. The van der Waals surface area contributed by atoms with Gasteiger partial charge in [-0.2, -0.15) is 4.31 Å². The molecule has 6 nitrogen and oxygen atoms in total. The molecule has 0 N–H and O–H groups in total. The molecule has 1 aromatic heterocycles. The first-order chi connectivity index (χ1) is 11.4. The summed E-state index contributed by atoms with van der Waals surface area (Å²) in [6, 6.07) is 6.99. The zero-order valence-corrected chi connectivity index (χ0v) is 13.9. The molecule has 0 aliphatic carbocycles. The number of hydrogen-bond acceptors (Lipinski definition) is 4. The highest BCUT2D eigenvalue weighted by Crippen LogP contribution is 2.21. The molecule has 1 aromatic carbocycles. The maximum Gasteiger partial charge on any atom is 0.289 e. The Bertz CT molecular complexity index is 854. The Labute approximate surface area is 139 Å². The van der Waals surface area contributed by atoms with E-state index in [1.165, 1.54) is 28.8 Å². The molecular formula is C16H17FN2O4S. The zero-order chi connectivity index (χ0) is 17.3. The number of aryl methyl sites for hydroxylation is 1. The zero-order valence-electron chi connectivity index (χ0n) is 13.1. The molecular weight excluding hydrogens is 335 g/mol. The van der Waals surface area contributed by atoms with Gasteiger partial charge in [0.1, 0.15) is 10.7 Å². The lowest BCUT2D eigenvalue weighted by Crippen LogP contribution is -2.50. The van der Waals surface area contributed by atoms with E-state index in [0.717, 1.165) is 11.6 Å². The molecule has 0 bridgehead atoms. The van der Waals surface area contributed by atoms with E-state index in [2.05, 4.69) is 0 Å². The lowest BCUT2D eigenvalue weighted by molar-refractivity contribution is 0.0665. The Kier molecular flexibility index (Phi) is 4.42. The van der Waals surface area contributed by atoms with Crippen molar-refractivity contribution in [2.24, 2.45) is 0 Å². The molecule has 0 radical (unpaired) electrons. The molecule has 1 fully saturated rings. The minimum Gasteiger partial charge on any atom is -0.459 e. The van der Waals surface area contributed by atoms with Crippen molar-refractivity contribution in [2.75, 3.05) is 26.2 Å². The first-order valence-corrected chi connectivity index (χ1v) is 8.93. The second kappa shape index (κ2) is 6.37. The van der Waals surface area contributed by atoms with E-state index in [0.29, 0.717) is 0 Å². The number of benzene rings is 1. The van der Waals surface area contributed by atoms with Gasteiger partial charge < -0.3 is 9.32 Å². The van der Waals surface area contributed by atoms with Gasteiger partial charge in [0, 0.05) is 31.7 Å². The Hall–Kier alpha value is -2.19. The van der Waals surface area contributed by atoms with Gasteiger partial charge in [0.05, 0.1) is 6.26 Å². The smallest absolute Gasteiger partial charge is 0.289 e.